The van der Waals surface area contributed by atoms with Crippen LogP contribution in [0.4, 0.5) is 8.78 Å². The first kappa shape index (κ1) is 16.5. The maximum atomic E-state index is 12.6. The minimum atomic E-state index is -2.57. The van der Waals surface area contributed by atoms with Gasteiger partial charge in [-0.2, -0.15) is 0 Å². The first-order valence-electron chi connectivity index (χ1n) is 7.86. The van der Waals surface area contributed by atoms with Crippen molar-refractivity contribution in [3.8, 4) is 0 Å². The lowest BCUT2D eigenvalue weighted by molar-refractivity contribution is -0.129. The van der Waals surface area contributed by atoms with Crippen LogP contribution in [0.5, 0.6) is 0 Å². The van der Waals surface area contributed by atoms with Crippen molar-refractivity contribution in [2.75, 3.05) is 13.1 Å². The number of carbonyl (C=O) groups excluding carboxylic acids is 1. The van der Waals surface area contributed by atoms with E-state index in [1.807, 2.05) is 31.2 Å². The Labute approximate surface area is 139 Å². The largest absolute Gasteiger partial charge is 0.353 e. The number of carbonyl (C=O) groups is 1. The Kier molecular flexibility index (Phi) is 4.85. The molecule has 126 valence electrons. The van der Waals surface area contributed by atoms with E-state index >= 15 is 0 Å². The molecular weight excluding hydrogens is 312 g/mol. The number of amides is 1. The highest BCUT2D eigenvalue weighted by atomic mass is 19.3. The third-order valence-electron chi connectivity index (χ3n) is 4.25. The molecule has 4 nitrogen and oxygen atoms in total. The van der Waals surface area contributed by atoms with E-state index in [4.69, 9.17) is 0 Å². The highest BCUT2D eigenvalue weighted by Gasteiger charge is 2.31. The molecule has 24 heavy (non-hydrogen) atoms. The van der Waals surface area contributed by atoms with Gasteiger partial charge in [0.15, 0.2) is 0 Å². The van der Waals surface area contributed by atoms with Crippen LogP contribution in [-0.2, 0) is 11.3 Å². The number of hydrogen-bond donors (Lipinski definition) is 1. The van der Waals surface area contributed by atoms with Gasteiger partial charge in [0.2, 0.25) is 5.91 Å². The van der Waals surface area contributed by atoms with Crippen LogP contribution in [0.15, 0.2) is 42.6 Å². The predicted molar refractivity (Wildman–Crippen MR) is 86.5 cm³/mol. The van der Waals surface area contributed by atoms with E-state index in [1.165, 1.54) is 12.3 Å². The molecule has 0 spiro atoms. The van der Waals surface area contributed by atoms with Crippen LogP contribution >= 0.6 is 0 Å². The average molecular weight is 331 g/mol. The van der Waals surface area contributed by atoms with E-state index in [1.54, 1.807) is 6.07 Å². The standard InChI is InChI=1S/C18H19F2N3O/c1-12-4-2-3-5-14(12)16-18(24)21-8-9-23(16)11-13-6-7-15(17(19)20)22-10-13/h2-7,10,16-17H,8-9,11H2,1H3,(H,21,24). The summed E-state index contributed by atoms with van der Waals surface area (Å²) in [4.78, 5) is 18.3. The zero-order chi connectivity index (χ0) is 17.1. The van der Waals surface area contributed by atoms with Crippen LogP contribution in [0.1, 0.15) is 34.9 Å². The molecular formula is C18H19F2N3O. The summed E-state index contributed by atoms with van der Waals surface area (Å²) in [5, 5.41) is 2.90. The number of alkyl halides is 2. The molecule has 3 rings (SSSR count). The van der Waals surface area contributed by atoms with Crippen LogP contribution in [0.3, 0.4) is 0 Å². The van der Waals surface area contributed by atoms with Gasteiger partial charge in [-0.25, -0.2) is 8.78 Å². The van der Waals surface area contributed by atoms with E-state index in [0.717, 1.165) is 16.7 Å². The Bertz CT molecular complexity index is 718. The molecule has 0 saturated carbocycles. The molecule has 0 aliphatic carbocycles. The summed E-state index contributed by atoms with van der Waals surface area (Å²) in [5.74, 6) is -0.0345. The molecule has 2 aromatic rings. The maximum absolute atomic E-state index is 12.6. The summed E-state index contributed by atoms with van der Waals surface area (Å²) in [6, 6.07) is 10.4. The predicted octanol–water partition coefficient (Wildman–Crippen LogP) is 3.00. The van der Waals surface area contributed by atoms with Crippen molar-refractivity contribution in [2.45, 2.75) is 25.9 Å². The third-order valence-corrected chi connectivity index (χ3v) is 4.25. The van der Waals surface area contributed by atoms with Crippen LogP contribution < -0.4 is 5.32 Å². The summed E-state index contributed by atoms with van der Waals surface area (Å²) in [6.45, 7) is 3.74. The van der Waals surface area contributed by atoms with Gasteiger partial charge >= 0.3 is 0 Å². The molecule has 1 aliphatic rings. The molecule has 1 unspecified atom stereocenters. The highest BCUT2D eigenvalue weighted by Crippen LogP contribution is 2.27. The Morgan fingerprint density at radius 3 is 2.75 bits per heavy atom. The highest BCUT2D eigenvalue weighted by molar-refractivity contribution is 5.84. The number of rotatable bonds is 4. The van der Waals surface area contributed by atoms with Gasteiger partial charge in [0.1, 0.15) is 11.7 Å². The first-order valence-corrected chi connectivity index (χ1v) is 7.86. The molecule has 1 amide bonds. The van der Waals surface area contributed by atoms with E-state index in [9.17, 15) is 13.6 Å². The Hall–Kier alpha value is -2.34. The molecule has 6 heteroatoms. The van der Waals surface area contributed by atoms with Crippen LogP contribution in [0.25, 0.3) is 0 Å². The molecule has 1 aromatic heterocycles. The van der Waals surface area contributed by atoms with Crippen LogP contribution in [0.2, 0.25) is 0 Å². The molecule has 1 atom stereocenters. The van der Waals surface area contributed by atoms with E-state index in [0.29, 0.717) is 19.6 Å². The van der Waals surface area contributed by atoms with E-state index < -0.39 is 6.43 Å². The number of piperazine rings is 1. The van der Waals surface area contributed by atoms with Gasteiger partial charge < -0.3 is 5.32 Å². The van der Waals surface area contributed by atoms with E-state index in [2.05, 4.69) is 15.2 Å². The first-order chi connectivity index (χ1) is 11.6. The van der Waals surface area contributed by atoms with Crippen molar-refractivity contribution in [1.82, 2.24) is 15.2 Å². The molecule has 1 saturated heterocycles. The number of aryl methyl sites for hydroxylation is 1. The molecule has 1 aromatic carbocycles. The van der Waals surface area contributed by atoms with Gasteiger partial charge in [-0.05, 0) is 29.7 Å². The molecule has 1 N–H and O–H groups in total. The number of aromatic nitrogens is 1. The number of pyridine rings is 1. The van der Waals surface area contributed by atoms with Gasteiger partial charge in [-0.3, -0.25) is 14.7 Å². The smallest absolute Gasteiger partial charge is 0.280 e. The topological polar surface area (TPSA) is 45.2 Å². The van der Waals surface area contributed by atoms with Crippen molar-refractivity contribution in [3.05, 3.63) is 65.0 Å². The van der Waals surface area contributed by atoms with Gasteiger partial charge in [0, 0.05) is 25.8 Å². The number of halogens is 2. The van der Waals surface area contributed by atoms with Crippen LogP contribution in [-0.4, -0.2) is 28.9 Å². The fourth-order valence-electron chi connectivity index (χ4n) is 3.01. The summed E-state index contributed by atoms with van der Waals surface area (Å²) < 4.78 is 25.2. The second-order valence-corrected chi connectivity index (χ2v) is 5.91. The summed E-state index contributed by atoms with van der Waals surface area (Å²) in [7, 11) is 0. The number of nitrogens with one attached hydrogen (secondary N) is 1. The minimum Gasteiger partial charge on any atom is -0.353 e. The van der Waals surface area contributed by atoms with Gasteiger partial charge in [-0.15, -0.1) is 0 Å². The molecule has 0 radical (unpaired) electrons. The van der Waals surface area contributed by atoms with E-state index in [-0.39, 0.29) is 17.6 Å². The zero-order valence-electron chi connectivity index (χ0n) is 13.4. The fourth-order valence-corrected chi connectivity index (χ4v) is 3.01. The normalized spacial score (nSPS) is 18.7. The second kappa shape index (κ2) is 7.05. The average Bonchev–Trinajstić information content (AvgIpc) is 2.57. The lowest BCUT2D eigenvalue weighted by Gasteiger charge is -2.36. The number of hydrogen-bond acceptors (Lipinski definition) is 3. The summed E-state index contributed by atoms with van der Waals surface area (Å²) >= 11 is 0. The number of benzene rings is 1. The minimum absolute atomic E-state index is 0.0345. The van der Waals surface area contributed by atoms with Crippen molar-refractivity contribution in [3.63, 3.8) is 0 Å². The Morgan fingerprint density at radius 1 is 1.29 bits per heavy atom. The molecule has 0 bridgehead atoms. The van der Waals surface area contributed by atoms with Gasteiger partial charge in [-0.1, -0.05) is 30.3 Å². The summed E-state index contributed by atoms with van der Waals surface area (Å²) in [5.41, 5.74) is 2.60. The molecule has 1 aliphatic heterocycles. The lowest BCUT2D eigenvalue weighted by atomic mass is 9.97. The quantitative estimate of drug-likeness (QED) is 0.937. The Balaban J connectivity index is 1.84. The fraction of sp³-hybridized carbons (Fsp3) is 0.333. The SMILES string of the molecule is Cc1ccccc1C1C(=O)NCCN1Cc1ccc(C(F)F)nc1. The summed E-state index contributed by atoms with van der Waals surface area (Å²) in [6.07, 6.45) is -1.11. The lowest BCUT2D eigenvalue weighted by Crippen LogP contribution is -2.49. The van der Waals surface area contributed by atoms with Crippen molar-refractivity contribution < 1.29 is 13.6 Å². The van der Waals surface area contributed by atoms with Crippen LogP contribution in [0, 0.1) is 6.92 Å². The van der Waals surface area contributed by atoms with Crippen molar-refractivity contribution in [2.24, 2.45) is 0 Å². The zero-order valence-corrected chi connectivity index (χ0v) is 13.4. The van der Waals surface area contributed by atoms with Crippen molar-refractivity contribution >= 4 is 5.91 Å². The molecule has 1 fully saturated rings. The second-order valence-electron chi connectivity index (χ2n) is 5.91. The third kappa shape index (κ3) is 3.43. The Morgan fingerprint density at radius 2 is 2.08 bits per heavy atom. The monoisotopic (exact) mass is 331 g/mol. The number of nitrogens with zero attached hydrogens (tertiary/aromatic N) is 2. The van der Waals surface area contributed by atoms with Gasteiger partial charge in [0.25, 0.3) is 6.43 Å². The maximum Gasteiger partial charge on any atom is 0.280 e. The van der Waals surface area contributed by atoms with Crippen molar-refractivity contribution in [1.29, 1.82) is 0 Å². The molecule has 2 heterocycles. The van der Waals surface area contributed by atoms with Gasteiger partial charge in [0.05, 0.1) is 0 Å².